The van der Waals surface area contributed by atoms with Gasteiger partial charge in [0.2, 0.25) is 0 Å². The van der Waals surface area contributed by atoms with Crippen LogP contribution in [-0.2, 0) is 0 Å². The summed E-state index contributed by atoms with van der Waals surface area (Å²) < 4.78 is 0. The lowest BCUT2D eigenvalue weighted by Crippen LogP contribution is -1.93. The van der Waals surface area contributed by atoms with Crippen LogP contribution >= 0.6 is 0 Å². The third-order valence-electron chi connectivity index (χ3n) is 1.57. The highest BCUT2D eigenvalue weighted by Crippen LogP contribution is 2.15. The number of aliphatic hydroxyl groups is 1. The van der Waals surface area contributed by atoms with Crippen molar-refractivity contribution in [1.82, 2.24) is 0 Å². The lowest BCUT2D eigenvalue weighted by molar-refractivity contribution is 0.199. The quantitative estimate of drug-likeness (QED) is 0.598. The summed E-state index contributed by atoms with van der Waals surface area (Å²) in [5.41, 5.74) is 1.58. The van der Waals surface area contributed by atoms with Crippen molar-refractivity contribution < 1.29 is 5.11 Å². The van der Waals surface area contributed by atoms with Crippen molar-refractivity contribution in [3.63, 3.8) is 0 Å². The van der Waals surface area contributed by atoms with Crippen LogP contribution < -0.4 is 0 Å². The van der Waals surface area contributed by atoms with E-state index < -0.39 is 6.10 Å². The van der Waals surface area contributed by atoms with Gasteiger partial charge in [-0.15, -0.1) is 6.42 Å². The molecule has 1 aromatic rings. The van der Waals surface area contributed by atoms with Gasteiger partial charge in [0.25, 0.3) is 0 Å². The van der Waals surface area contributed by atoms with Gasteiger partial charge in [-0.1, -0.05) is 24.1 Å². The molecule has 0 spiro atoms. The minimum absolute atomic E-state index is 0.484. The maximum absolute atomic E-state index is 9.24. The molecule has 0 aliphatic heterocycles. The van der Waals surface area contributed by atoms with E-state index in [2.05, 4.69) is 5.92 Å². The van der Waals surface area contributed by atoms with E-state index >= 15 is 0 Å². The van der Waals surface area contributed by atoms with Crippen LogP contribution in [0.25, 0.3) is 0 Å². The Hall–Kier alpha value is -1.26. The van der Waals surface area contributed by atoms with Crippen molar-refractivity contribution in [2.45, 2.75) is 13.0 Å². The third-order valence-corrected chi connectivity index (χ3v) is 1.57. The second-order valence-corrected chi connectivity index (χ2v) is 2.41. The molecular weight excluding hydrogens is 136 g/mol. The van der Waals surface area contributed by atoms with Gasteiger partial charge in [0.15, 0.2) is 0 Å². The van der Waals surface area contributed by atoms with Gasteiger partial charge in [-0.05, 0) is 18.6 Å². The van der Waals surface area contributed by atoms with Crippen LogP contribution in [0.3, 0.4) is 0 Å². The highest BCUT2D eigenvalue weighted by Gasteiger charge is 2.03. The standard InChI is InChI=1S/C10H10O/c1-3-9-6-4-5-7-10(9)8(2)11/h1,4-8,11H,2H3/t8-/m0/s1. The summed E-state index contributed by atoms with van der Waals surface area (Å²) in [4.78, 5) is 0. The molecule has 1 aromatic carbocycles. The Morgan fingerprint density at radius 2 is 2.09 bits per heavy atom. The van der Waals surface area contributed by atoms with Crippen molar-refractivity contribution >= 4 is 0 Å². The lowest BCUT2D eigenvalue weighted by Gasteiger charge is -2.05. The molecule has 0 saturated carbocycles. The van der Waals surface area contributed by atoms with E-state index in [1.165, 1.54) is 0 Å². The Bertz CT molecular complexity index is 281. The molecule has 0 fully saturated rings. The molecule has 0 aromatic heterocycles. The SMILES string of the molecule is C#Cc1ccccc1[C@H](C)O. The molecule has 0 aliphatic rings. The highest BCUT2D eigenvalue weighted by molar-refractivity contribution is 5.40. The zero-order chi connectivity index (χ0) is 8.27. The average Bonchev–Trinajstić information content (AvgIpc) is 2.04. The molecule has 0 aliphatic carbocycles. The van der Waals surface area contributed by atoms with Crippen molar-refractivity contribution in [3.05, 3.63) is 35.4 Å². The average molecular weight is 146 g/mol. The molecule has 1 atom stereocenters. The summed E-state index contributed by atoms with van der Waals surface area (Å²) in [6.45, 7) is 1.70. The van der Waals surface area contributed by atoms with Crippen molar-refractivity contribution in [3.8, 4) is 12.3 Å². The minimum Gasteiger partial charge on any atom is -0.389 e. The summed E-state index contributed by atoms with van der Waals surface area (Å²) in [6, 6.07) is 7.38. The molecule has 0 radical (unpaired) electrons. The second-order valence-electron chi connectivity index (χ2n) is 2.41. The Labute approximate surface area is 66.7 Å². The number of aliphatic hydroxyl groups excluding tert-OH is 1. The highest BCUT2D eigenvalue weighted by atomic mass is 16.3. The van der Waals surface area contributed by atoms with E-state index in [-0.39, 0.29) is 0 Å². The lowest BCUT2D eigenvalue weighted by atomic mass is 10.0. The van der Waals surface area contributed by atoms with Crippen LogP contribution in [0.4, 0.5) is 0 Å². The molecule has 0 bridgehead atoms. The monoisotopic (exact) mass is 146 g/mol. The predicted octanol–water partition coefficient (Wildman–Crippen LogP) is 1.72. The molecule has 11 heavy (non-hydrogen) atoms. The summed E-state index contributed by atoms with van der Waals surface area (Å²) in [7, 11) is 0. The van der Waals surface area contributed by atoms with Crippen molar-refractivity contribution in [1.29, 1.82) is 0 Å². The summed E-state index contributed by atoms with van der Waals surface area (Å²) in [5, 5.41) is 9.24. The molecule has 1 nitrogen and oxygen atoms in total. The topological polar surface area (TPSA) is 20.2 Å². The minimum atomic E-state index is -0.484. The van der Waals surface area contributed by atoms with E-state index in [1.807, 2.05) is 24.3 Å². The zero-order valence-electron chi connectivity index (χ0n) is 6.41. The first-order valence-electron chi connectivity index (χ1n) is 3.49. The Morgan fingerprint density at radius 3 is 2.55 bits per heavy atom. The largest absolute Gasteiger partial charge is 0.389 e. The van der Waals surface area contributed by atoms with Gasteiger partial charge in [-0.3, -0.25) is 0 Å². The smallest absolute Gasteiger partial charge is 0.0773 e. The number of hydrogen-bond donors (Lipinski definition) is 1. The van der Waals surface area contributed by atoms with Gasteiger partial charge in [-0.2, -0.15) is 0 Å². The van der Waals surface area contributed by atoms with Gasteiger partial charge in [0, 0.05) is 5.56 Å². The van der Waals surface area contributed by atoms with Gasteiger partial charge < -0.3 is 5.11 Å². The van der Waals surface area contributed by atoms with Crippen LogP contribution in [0.15, 0.2) is 24.3 Å². The molecule has 0 heterocycles. The Balaban J connectivity index is 3.15. The fraction of sp³-hybridized carbons (Fsp3) is 0.200. The van der Waals surface area contributed by atoms with Crippen LogP contribution in [0.5, 0.6) is 0 Å². The van der Waals surface area contributed by atoms with Gasteiger partial charge in [-0.25, -0.2) is 0 Å². The number of rotatable bonds is 1. The van der Waals surface area contributed by atoms with Gasteiger partial charge in [0.1, 0.15) is 0 Å². The van der Waals surface area contributed by atoms with Crippen LogP contribution in [-0.4, -0.2) is 5.11 Å². The molecule has 0 saturated heterocycles. The zero-order valence-corrected chi connectivity index (χ0v) is 6.41. The number of benzene rings is 1. The number of terminal acetylenes is 1. The first kappa shape index (κ1) is 7.84. The van der Waals surface area contributed by atoms with Crippen LogP contribution in [0, 0.1) is 12.3 Å². The van der Waals surface area contributed by atoms with E-state index in [4.69, 9.17) is 6.42 Å². The van der Waals surface area contributed by atoms with Gasteiger partial charge in [0.05, 0.1) is 6.10 Å². The first-order chi connectivity index (χ1) is 5.25. The fourth-order valence-corrected chi connectivity index (χ4v) is 0.993. The Morgan fingerprint density at radius 1 is 1.45 bits per heavy atom. The summed E-state index contributed by atoms with van der Waals surface area (Å²) in [6.07, 6.45) is 4.74. The first-order valence-corrected chi connectivity index (χ1v) is 3.49. The van der Waals surface area contributed by atoms with E-state index in [1.54, 1.807) is 6.92 Å². The maximum Gasteiger partial charge on any atom is 0.0773 e. The van der Waals surface area contributed by atoms with Gasteiger partial charge >= 0.3 is 0 Å². The summed E-state index contributed by atoms with van der Waals surface area (Å²) >= 11 is 0. The Kier molecular flexibility index (Phi) is 2.30. The molecule has 0 amide bonds. The normalized spacial score (nSPS) is 12.1. The third kappa shape index (κ3) is 1.60. The number of hydrogen-bond acceptors (Lipinski definition) is 1. The van der Waals surface area contributed by atoms with E-state index in [0.29, 0.717) is 0 Å². The fourth-order valence-electron chi connectivity index (χ4n) is 0.993. The van der Waals surface area contributed by atoms with E-state index in [9.17, 15) is 5.11 Å². The molecule has 56 valence electrons. The van der Waals surface area contributed by atoms with E-state index in [0.717, 1.165) is 11.1 Å². The second kappa shape index (κ2) is 3.23. The van der Waals surface area contributed by atoms with Crippen LogP contribution in [0.1, 0.15) is 24.2 Å². The predicted molar refractivity (Wildman–Crippen MR) is 45.0 cm³/mol. The maximum atomic E-state index is 9.24. The van der Waals surface area contributed by atoms with Crippen LogP contribution in [0.2, 0.25) is 0 Å². The molecular formula is C10H10O. The summed E-state index contributed by atoms with van der Waals surface area (Å²) in [5.74, 6) is 2.52. The molecule has 1 N–H and O–H groups in total. The molecule has 1 rings (SSSR count). The molecule has 0 unspecified atom stereocenters. The van der Waals surface area contributed by atoms with Crippen molar-refractivity contribution in [2.24, 2.45) is 0 Å². The molecule has 1 heteroatoms. The van der Waals surface area contributed by atoms with Crippen molar-refractivity contribution in [2.75, 3.05) is 0 Å².